The molecule has 124 valence electrons. The van der Waals surface area contributed by atoms with Gasteiger partial charge in [-0.15, -0.1) is 11.3 Å². The Morgan fingerprint density at radius 2 is 1.79 bits per heavy atom. The van der Waals surface area contributed by atoms with Crippen LogP contribution in [0.5, 0.6) is 0 Å². The number of fused-ring (bicyclic) bond motifs is 1. The first kappa shape index (κ1) is 16.5. The molecule has 2 N–H and O–H groups in total. The van der Waals surface area contributed by atoms with Gasteiger partial charge in [0.15, 0.2) is 5.96 Å². The van der Waals surface area contributed by atoms with Crippen LogP contribution in [0.3, 0.4) is 0 Å². The summed E-state index contributed by atoms with van der Waals surface area (Å²) < 4.78 is 0. The molecule has 0 fully saturated rings. The van der Waals surface area contributed by atoms with Crippen molar-refractivity contribution in [1.29, 1.82) is 0 Å². The predicted molar refractivity (Wildman–Crippen MR) is 103 cm³/mol. The van der Waals surface area contributed by atoms with E-state index in [4.69, 9.17) is 0 Å². The summed E-state index contributed by atoms with van der Waals surface area (Å²) in [4.78, 5) is 10.0. The van der Waals surface area contributed by atoms with Gasteiger partial charge in [-0.2, -0.15) is 0 Å². The Morgan fingerprint density at radius 1 is 1.04 bits per heavy atom. The molecule has 0 aliphatic carbocycles. The normalized spacial score (nSPS) is 11.7. The van der Waals surface area contributed by atoms with Crippen LogP contribution in [0.25, 0.3) is 10.8 Å². The zero-order valence-electron chi connectivity index (χ0n) is 14.3. The number of nitrogens with zero attached hydrogens (tertiary/aromatic N) is 2. The summed E-state index contributed by atoms with van der Waals surface area (Å²) >= 11 is 1.73. The number of hydrogen-bond donors (Lipinski definition) is 2. The maximum Gasteiger partial charge on any atom is 0.191 e. The largest absolute Gasteiger partial charge is 0.352 e. The molecule has 24 heavy (non-hydrogen) atoms. The van der Waals surface area contributed by atoms with E-state index in [0.29, 0.717) is 0 Å². The van der Waals surface area contributed by atoms with E-state index in [-0.39, 0.29) is 0 Å². The number of hydrogen-bond acceptors (Lipinski definition) is 3. The third-order valence-electron chi connectivity index (χ3n) is 3.97. The first-order valence-corrected chi connectivity index (χ1v) is 8.83. The number of guanidine groups is 1. The fourth-order valence-corrected chi connectivity index (χ4v) is 3.62. The van der Waals surface area contributed by atoms with Gasteiger partial charge in [-0.05, 0) is 30.2 Å². The van der Waals surface area contributed by atoms with Crippen LogP contribution in [0.4, 0.5) is 0 Å². The number of benzene rings is 2. The van der Waals surface area contributed by atoms with Crippen LogP contribution in [-0.4, -0.2) is 18.0 Å². The molecule has 3 rings (SSSR count). The highest BCUT2D eigenvalue weighted by atomic mass is 32.1. The zero-order valence-corrected chi connectivity index (χ0v) is 15.1. The van der Waals surface area contributed by atoms with Crippen molar-refractivity contribution in [2.75, 3.05) is 7.05 Å². The van der Waals surface area contributed by atoms with E-state index in [9.17, 15) is 0 Å². The Bertz CT molecular complexity index is 861. The Labute approximate surface area is 146 Å². The quantitative estimate of drug-likeness (QED) is 0.562. The molecule has 0 saturated heterocycles. The average molecular weight is 338 g/mol. The second-order valence-corrected chi connectivity index (χ2v) is 6.95. The smallest absolute Gasteiger partial charge is 0.191 e. The van der Waals surface area contributed by atoms with E-state index in [1.807, 2.05) is 13.8 Å². The van der Waals surface area contributed by atoms with Gasteiger partial charge in [-0.1, -0.05) is 42.5 Å². The highest BCUT2D eigenvalue weighted by molar-refractivity contribution is 7.11. The highest BCUT2D eigenvalue weighted by Gasteiger charge is 2.06. The van der Waals surface area contributed by atoms with Crippen molar-refractivity contribution in [3.8, 4) is 0 Å². The molecule has 0 bridgehead atoms. The first-order valence-electron chi connectivity index (χ1n) is 8.01. The fraction of sp³-hybridized carbons (Fsp3) is 0.263. The van der Waals surface area contributed by atoms with Crippen molar-refractivity contribution in [2.45, 2.75) is 26.9 Å². The number of aromatic nitrogens is 1. The average Bonchev–Trinajstić information content (AvgIpc) is 2.92. The van der Waals surface area contributed by atoms with Crippen LogP contribution in [0.2, 0.25) is 0 Å². The summed E-state index contributed by atoms with van der Waals surface area (Å²) in [6, 6.07) is 14.8. The zero-order chi connectivity index (χ0) is 16.9. The number of aliphatic imine (C=N–C) groups is 1. The molecule has 0 amide bonds. The van der Waals surface area contributed by atoms with Gasteiger partial charge in [0.05, 0.1) is 17.2 Å². The molecule has 5 heteroatoms. The monoisotopic (exact) mass is 338 g/mol. The minimum Gasteiger partial charge on any atom is -0.352 e. The Morgan fingerprint density at radius 3 is 2.54 bits per heavy atom. The molecule has 0 saturated carbocycles. The third kappa shape index (κ3) is 3.74. The van der Waals surface area contributed by atoms with E-state index >= 15 is 0 Å². The molecule has 0 aliphatic heterocycles. The van der Waals surface area contributed by atoms with Crippen molar-refractivity contribution in [1.82, 2.24) is 15.6 Å². The lowest BCUT2D eigenvalue weighted by Gasteiger charge is -2.13. The van der Waals surface area contributed by atoms with Gasteiger partial charge < -0.3 is 10.6 Å². The molecular formula is C19H22N4S. The van der Waals surface area contributed by atoms with Crippen LogP contribution in [0, 0.1) is 13.8 Å². The number of aryl methyl sites for hydroxylation is 2. The summed E-state index contributed by atoms with van der Waals surface area (Å²) in [6.45, 7) is 5.57. The van der Waals surface area contributed by atoms with Gasteiger partial charge in [0, 0.05) is 18.5 Å². The van der Waals surface area contributed by atoms with E-state index in [1.54, 1.807) is 18.4 Å². The Hall–Kier alpha value is -2.40. The predicted octanol–water partition coefficient (Wildman–Crippen LogP) is 3.78. The van der Waals surface area contributed by atoms with Gasteiger partial charge in [0.2, 0.25) is 0 Å². The van der Waals surface area contributed by atoms with Crippen molar-refractivity contribution < 1.29 is 0 Å². The lowest BCUT2D eigenvalue weighted by Crippen LogP contribution is -2.36. The second-order valence-electron chi connectivity index (χ2n) is 5.66. The summed E-state index contributed by atoms with van der Waals surface area (Å²) in [6.07, 6.45) is 0. The fourth-order valence-electron chi connectivity index (χ4n) is 2.75. The standard InChI is InChI=1S/C19H22N4S/c1-13-18(24-14(2)23-13)12-22-19(20-3)21-11-16-9-6-8-15-7-4-5-10-17(15)16/h4-10H,11-12H2,1-3H3,(H2,20,21,22). The summed E-state index contributed by atoms with van der Waals surface area (Å²) in [5.41, 5.74) is 2.36. The minimum absolute atomic E-state index is 0.738. The number of nitrogens with one attached hydrogen (secondary N) is 2. The van der Waals surface area contributed by atoms with Crippen LogP contribution in [0.15, 0.2) is 47.5 Å². The van der Waals surface area contributed by atoms with E-state index in [2.05, 4.69) is 63.1 Å². The molecular weight excluding hydrogens is 316 g/mol. The molecule has 4 nitrogen and oxygen atoms in total. The lowest BCUT2D eigenvalue weighted by atomic mass is 10.0. The van der Waals surface area contributed by atoms with Crippen LogP contribution in [-0.2, 0) is 13.1 Å². The van der Waals surface area contributed by atoms with Gasteiger partial charge >= 0.3 is 0 Å². The summed E-state index contributed by atoms with van der Waals surface area (Å²) in [5, 5.41) is 10.4. The van der Waals surface area contributed by atoms with Crippen molar-refractivity contribution in [3.05, 3.63) is 63.6 Å². The molecule has 0 radical (unpaired) electrons. The van der Waals surface area contributed by atoms with Gasteiger partial charge in [-0.3, -0.25) is 4.99 Å². The van der Waals surface area contributed by atoms with Crippen molar-refractivity contribution >= 4 is 28.1 Å². The second kappa shape index (κ2) is 7.45. The summed E-state index contributed by atoms with van der Waals surface area (Å²) in [5.74, 6) is 0.799. The minimum atomic E-state index is 0.738. The molecule has 0 aliphatic rings. The molecule has 0 unspecified atom stereocenters. The Kier molecular flexibility index (Phi) is 5.11. The SMILES string of the molecule is CN=C(NCc1sc(C)nc1C)NCc1cccc2ccccc12. The van der Waals surface area contributed by atoms with E-state index in [0.717, 1.165) is 29.8 Å². The highest BCUT2D eigenvalue weighted by Crippen LogP contribution is 2.18. The van der Waals surface area contributed by atoms with E-state index < -0.39 is 0 Å². The van der Waals surface area contributed by atoms with E-state index in [1.165, 1.54) is 21.2 Å². The van der Waals surface area contributed by atoms with Crippen LogP contribution < -0.4 is 10.6 Å². The Balaban J connectivity index is 1.64. The van der Waals surface area contributed by atoms with Gasteiger partial charge in [0.25, 0.3) is 0 Å². The number of thiazole rings is 1. The topological polar surface area (TPSA) is 49.3 Å². The maximum atomic E-state index is 4.46. The van der Waals surface area contributed by atoms with Crippen molar-refractivity contribution in [3.63, 3.8) is 0 Å². The lowest BCUT2D eigenvalue weighted by molar-refractivity contribution is 0.814. The summed E-state index contributed by atoms with van der Waals surface area (Å²) in [7, 11) is 1.79. The maximum absolute atomic E-state index is 4.46. The third-order valence-corrected chi connectivity index (χ3v) is 5.04. The van der Waals surface area contributed by atoms with Gasteiger partial charge in [-0.25, -0.2) is 4.98 Å². The van der Waals surface area contributed by atoms with Crippen molar-refractivity contribution in [2.24, 2.45) is 4.99 Å². The molecule has 1 heterocycles. The molecule has 2 aromatic carbocycles. The number of rotatable bonds is 4. The molecule has 1 aromatic heterocycles. The van der Waals surface area contributed by atoms with Gasteiger partial charge in [0.1, 0.15) is 0 Å². The molecule has 0 spiro atoms. The van der Waals surface area contributed by atoms with Crippen LogP contribution in [0.1, 0.15) is 21.1 Å². The molecule has 0 atom stereocenters. The van der Waals surface area contributed by atoms with Crippen LogP contribution >= 0.6 is 11.3 Å². The first-order chi connectivity index (χ1) is 11.7. The molecule has 3 aromatic rings.